The van der Waals surface area contributed by atoms with Crippen LogP contribution in [0.1, 0.15) is 5.69 Å². The van der Waals surface area contributed by atoms with E-state index in [0.29, 0.717) is 37.7 Å². The molecule has 20 heavy (non-hydrogen) atoms. The lowest BCUT2D eigenvalue weighted by atomic mass is 10.3. The van der Waals surface area contributed by atoms with Crippen molar-refractivity contribution in [3.63, 3.8) is 0 Å². The molecule has 3 N–H and O–H groups in total. The number of hydrogen-bond donors (Lipinski definition) is 2. The van der Waals surface area contributed by atoms with Gasteiger partial charge in [-0.15, -0.1) is 0 Å². The summed E-state index contributed by atoms with van der Waals surface area (Å²) in [5, 5.41) is 11.6. The zero-order chi connectivity index (χ0) is 14.8. The third kappa shape index (κ3) is 3.17. The van der Waals surface area contributed by atoms with E-state index in [9.17, 15) is 8.42 Å². The fourth-order valence-corrected chi connectivity index (χ4v) is 2.87. The molecule has 0 spiro atoms. The van der Waals surface area contributed by atoms with E-state index in [1.54, 1.807) is 12.1 Å². The Morgan fingerprint density at radius 3 is 2.55 bits per heavy atom. The highest BCUT2D eigenvalue weighted by atomic mass is 32.2. The largest absolute Gasteiger partial charge is 0.409 e. The van der Waals surface area contributed by atoms with Gasteiger partial charge in [-0.25, -0.2) is 13.4 Å². The van der Waals surface area contributed by atoms with Gasteiger partial charge in [-0.2, -0.15) is 4.31 Å². The molecule has 1 saturated heterocycles. The molecule has 9 heteroatoms. The van der Waals surface area contributed by atoms with E-state index < -0.39 is 10.0 Å². The summed E-state index contributed by atoms with van der Waals surface area (Å²) in [6, 6.07) is 5.22. The first-order valence-corrected chi connectivity index (χ1v) is 7.91. The van der Waals surface area contributed by atoms with Crippen LogP contribution in [-0.2, 0) is 10.0 Å². The van der Waals surface area contributed by atoms with E-state index in [-0.39, 0.29) is 5.84 Å². The summed E-state index contributed by atoms with van der Waals surface area (Å²) >= 11 is 0. The minimum absolute atomic E-state index is 0.0541. The van der Waals surface area contributed by atoms with Crippen molar-refractivity contribution >= 4 is 21.7 Å². The van der Waals surface area contributed by atoms with Crippen molar-refractivity contribution < 1.29 is 13.6 Å². The van der Waals surface area contributed by atoms with E-state index >= 15 is 0 Å². The molecule has 0 bridgehead atoms. The summed E-state index contributed by atoms with van der Waals surface area (Å²) in [4.78, 5) is 6.26. The topological polar surface area (TPSA) is 112 Å². The molecule has 0 amide bonds. The van der Waals surface area contributed by atoms with Gasteiger partial charge in [0.1, 0.15) is 11.5 Å². The lowest BCUT2D eigenvalue weighted by Crippen LogP contribution is -2.48. The maximum Gasteiger partial charge on any atom is 0.211 e. The van der Waals surface area contributed by atoms with Gasteiger partial charge >= 0.3 is 0 Å². The molecule has 0 aromatic carbocycles. The van der Waals surface area contributed by atoms with Gasteiger partial charge in [0.05, 0.1) is 6.26 Å². The van der Waals surface area contributed by atoms with Crippen LogP contribution < -0.4 is 10.6 Å². The maximum absolute atomic E-state index is 11.4. The maximum atomic E-state index is 11.4. The molecule has 1 aliphatic rings. The molecule has 1 aliphatic heterocycles. The molecule has 0 saturated carbocycles. The van der Waals surface area contributed by atoms with Crippen LogP contribution >= 0.6 is 0 Å². The Balaban J connectivity index is 2.11. The molecule has 1 fully saturated rings. The Labute approximate surface area is 117 Å². The SMILES string of the molecule is CS(=O)(=O)N1CCN(c2cccc(C(N)=NO)n2)CC1. The molecule has 0 radical (unpaired) electrons. The monoisotopic (exact) mass is 299 g/mol. The number of pyridine rings is 1. The average Bonchev–Trinajstić information content (AvgIpc) is 2.46. The predicted molar refractivity (Wildman–Crippen MR) is 75.4 cm³/mol. The Bertz CT molecular complexity index is 608. The zero-order valence-electron chi connectivity index (χ0n) is 11.1. The fraction of sp³-hybridized carbons (Fsp3) is 0.455. The van der Waals surface area contributed by atoms with Gasteiger partial charge in [0.25, 0.3) is 0 Å². The molecule has 2 heterocycles. The zero-order valence-corrected chi connectivity index (χ0v) is 11.9. The molecule has 2 rings (SSSR count). The van der Waals surface area contributed by atoms with Gasteiger partial charge in [-0.05, 0) is 12.1 Å². The van der Waals surface area contributed by atoms with Gasteiger partial charge in [0.15, 0.2) is 5.84 Å². The number of aromatic nitrogens is 1. The number of oxime groups is 1. The van der Waals surface area contributed by atoms with Crippen molar-refractivity contribution in [2.75, 3.05) is 37.3 Å². The minimum Gasteiger partial charge on any atom is -0.409 e. The number of hydrogen-bond acceptors (Lipinski definition) is 6. The summed E-state index contributed by atoms with van der Waals surface area (Å²) in [6.07, 6.45) is 1.21. The lowest BCUT2D eigenvalue weighted by molar-refractivity contribution is 0.318. The number of nitrogens with two attached hydrogens (primary N) is 1. The third-order valence-corrected chi connectivity index (χ3v) is 4.44. The van der Waals surface area contributed by atoms with Gasteiger partial charge in [0.2, 0.25) is 10.0 Å². The highest BCUT2D eigenvalue weighted by molar-refractivity contribution is 7.88. The second-order valence-electron chi connectivity index (χ2n) is 4.52. The second kappa shape index (κ2) is 5.63. The highest BCUT2D eigenvalue weighted by Crippen LogP contribution is 2.15. The van der Waals surface area contributed by atoms with Crippen molar-refractivity contribution in [3.05, 3.63) is 23.9 Å². The first-order valence-electron chi connectivity index (χ1n) is 6.07. The smallest absolute Gasteiger partial charge is 0.211 e. The summed E-state index contributed by atoms with van der Waals surface area (Å²) in [7, 11) is -3.14. The molecular weight excluding hydrogens is 282 g/mol. The number of nitrogens with zero attached hydrogens (tertiary/aromatic N) is 4. The summed E-state index contributed by atoms with van der Waals surface area (Å²) in [5.41, 5.74) is 5.89. The number of rotatable bonds is 3. The van der Waals surface area contributed by atoms with E-state index in [0.717, 1.165) is 0 Å². The minimum atomic E-state index is -3.14. The van der Waals surface area contributed by atoms with Gasteiger partial charge < -0.3 is 15.8 Å². The molecule has 0 aliphatic carbocycles. The highest BCUT2D eigenvalue weighted by Gasteiger charge is 2.24. The van der Waals surface area contributed by atoms with Crippen LogP contribution in [0, 0.1) is 0 Å². The number of anilines is 1. The van der Waals surface area contributed by atoms with Gasteiger partial charge in [0, 0.05) is 26.2 Å². The predicted octanol–water partition coefficient (Wildman–Crippen LogP) is -0.742. The molecule has 0 unspecified atom stereocenters. The first-order chi connectivity index (χ1) is 9.41. The van der Waals surface area contributed by atoms with Crippen molar-refractivity contribution in [3.8, 4) is 0 Å². The van der Waals surface area contributed by atoms with Crippen LogP contribution in [0.3, 0.4) is 0 Å². The van der Waals surface area contributed by atoms with E-state index in [1.165, 1.54) is 10.6 Å². The fourth-order valence-electron chi connectivity index (χ4n) is 2.04. The Morgan fingerprint density at radius 1 is 1.35 bits per heavy atom. The van der Waals surface area contributed by atoms with Crippen LogP contribution in [0.2, 0.25) is 0 Å². The normalized spacial score (nSPS) is 18.2. The summed E-state index contributed by atoms with van der Waals surface area (Å²) in [5.74, 6) is 0.629. The molecule has 0 atom stereocenters. The van der Waals surface area contributed by atoms with Gasteiger partial charge in [-0.1, -0.05) is 11.2 Å². The number of piperazine rings is 1. The Kier molecular flexibility index (Phi) is 4.09. The van der Waals surface area contributed by atoms with E-state index in [1.807, 2.05) is 11.0 Å². The molecule has 110 valence electrons. The van der Waals surface area contributed by atoms with Crippen molar-refractivity contribution in [2.24, 2.45) is 10.9 Å². The Morgan fingerprint density at radius 2 is 2.00 bits per heavy atom. The first kappa shape index (κ1) is 14.5. The van der Waals surface area contributed by atoms with Crippen LogP contribution in [0.15, 0.2) is 23.4 Å². The quantitative estimate of drug-likeness (QED) is 0.329. The van der Waals surface area contributed by atoms with Crippen LogP contribution in [0.4, 0.5) is 5.82 Å². The van der Waals surface area contributed by atoms with Crippen LogP contribution in [0.5, 0.6) is 0 Å². The lowest BCUT2D eigenvalue weighted by Gasteiger charge is -2.34. The Hall–Kier alpha value is -1.87. The molecular formula is C11H17N5O3S. The molecule has 8 nitrogen and oxygen atoms in total. The number of sulfonamides is 1. The average molecular weight is 299 g/mol. The van der Waals surface area contributed by atoms with Gasteiger partial charge in [-0.3, -0.25) is 0 Å². The summed E-state index contributed by atoms with van der Waals surface area (Å²) in [6.45, 7) is 1.96. The second-order valence-corrected chi connectivity index (χ2v) is 6.50. The van der Waals surface area contributed by atoms with Crippen molar-refractivity contribution in [1.82, 2.24) is 9.29 Å². The number of amidine groups is 1. The van der Waals surface area contributed by atoms with Crippen molar-refractivity contribution in [2.45, 2.75) is 0 Å². The molecule has 1 aromatic rings. The third-order valence-electron chi connectivity index (χ3n) is 3.14. The van der Waals surface area contributed by atoms with E-state index in [2.05, 4.69) is 10.1 Å². The summed E-state index contributed by atoms with van der Waals surface area (Å²) < 4.78 is 24.3. The standard InChI is InChI=1S/C11H17N5O3S/c1-20(18,19)16-7-5-15(6-8-16)10-4-2-3-9(13-10)11(12)14-17/h2-4,17H,5-8H2,1H3,(H2,12,14). The molecule has 1 aromatic heterocycles. The van der Waals surface area contributed by atoms with E-state index in [4.69, 9.17) is 10.9 Å². The van der Waals surface area contributed by atoms with Crippen molar-refractivity contribution in [1.29, 1.82) is 0 Å². The van der Waals surface area contributed by atoms with Crippen LogP contribution in [0.25, 0.3) is 0 Å². The van der Waals surface area contributed by atoms with Crippen LogP contribution in [-0.4, -0.2) is 61.2 Å².